The van der Waals surface area contributed by atoms with Gasteiger partial charge in [-0.25, -0.2) is 8.78 Å². The monoisotopic (exact) mass is 298 g/mol. The first kappa shape index (κ1) is 12.0. The fourth-order valence-corrected chi connectivity index (χ4v) is 1.88. The molecule has 0 aliphatic carbocycles. The third-order valence-electron chi connectivity index (χ3n) is 2.45. The summed E-state index contributed by atoms with van der Waals surface area (Å²) in [6, 6.07) is 4.15. The highest BCUT2D eigenvalue weighted by atomic mass is 79.9. The lowest BCUT2D eigenvalue weighted by Crippen LogP contribution is -2.01. The van der Waals surface area contributed by atoms with E-state index >= 15 is 0 Å². The molecule has 2 aromatic rings. The molecule has 0 saturated carbocycles. The van der Waals surface area contributed by atoms with Gasteiger partial charge in [-0.15, -0.1) is 0 Å². The normalized spacial score (nSPS) is 10.5. The van der Waals surface area contributed by atoms with Gasteiger partial charge in [-0.2, -0.15) is 0 Å². The van der Waals surface area contributed by atoms with Crippen LogP contribution < -0.4 is 5.73 Å². The summed E-state index contributed by atoms with van der Waals surface area (Å²) in [6.07, 6.45) is 3.12. The predicted molar refractivity (Wildman–Crippen MR) is 65.5 cm³/mol. The lowest BCUT2D eigenvalue weighted by Gasteiger charge is -2.08. The second-order valence-corrected chi connectivity index (χ2v) is 4.43. The topological polar surface area (TPSA) is 38.9 Å². The fourth-order valence-electron chi connectivity index (χ4n) is 1.51. The maximum Gasteiger partial charge on any atom is 0.143 e. The minimum Gasteiger partial charge on any atom is -0.398 e. The van der Waals surface area contributed by atoms with E-state index in [4.69, 9.17) is 5.73 Å². The van der Waals surface area contributed by atoms with Crippen LogP contribution in [0.2, 0.25) is 0 Å². The molecule has 2 rings (SSSR count). The molecular formula is C12H9BrF2N2. The molecule has 0 amide bonds. The average molecular weight is 299 g/mol. The Morgan fingerprint density at radius 1 is 1.24 bits per heavy atom. The van der Waals surface area contributed by atoms with Crippen LogP contribution in [-0.2, 0) is 6.42 Å². The van der Waals surface area contributed by atoms with Crippen LogP contribution in [0.1, 0.15) is 11.1 Å². The van der Waals surface area contributed by atoms with Crippen molar-refractivity contribution >= 4 is 21.6 Å². The van der Waals surface area contributed by atoms with Gasteiger partial charge in [0, 0.05) is 30.1 Å². The summed E-state index contributed by atoms with van der Waals surface area (Å²) in [5.74, 6) is -1.19. The number of halogens is 3. The zero-order chi connectivity index (χ0) is 12.4. The summed E-state index contributed by atoms with van der Waals surface area (Å²) in [6.45, 7) is 0. The van der Waals surface area contributed by atoms with E-state index in [1.165, 1.54) is 24.5 Å². The lowest BCUT2D eigenvalue weighted by molar-refractivity contribution is 0.557. The zero-order valence-corrected chi connectivity index (χ0v) is 10.3. The maximum atomic E-state index is 13.7. The van der Waals surface area contributed by atoms with Gasteiger partial charge in [0.2, 0.25) is 0 Å². The summed E-state index contributed by atoms with van der Waals surface area (Å²) in [5, 5.41) is 0. The zero-order valence-electron chi connectivity index (χ0n) is 8.75. The van der Waals surface area contributed by atoms with Crippen LogP contribution in [0, 0.1) is 11.6 Å². The molecule has 0 unspecified atom stereocenters. The van der Waals surface area contributed by atoms with E-state index < -0.39 is 11.6 Å². The first-order valence-corrected chi connectivity index (χ1v) is 5.69. The maximum absolute atomic E-state index is 13.7. The van der Waals surface area contributed by atoms with E-state index in [2.05, 4.69) is 20.9 Å². The van der Waals surface area contributed by atoms with Gasteiger partial charge in [-0.05, 0) is 39.7 Å². The second-order valence-electron chi connectivity index (χ2n) is 3.57. The average Bonchev–Trinajstić information content (AvgIpc) is 2.32. The van der Waals surface area contributed by atoms with E-state index in [1.807, 2.05) is 0 Å². The lowest BCUT2D eigenvalue weighted by atomic mass is 10.0. The van der Waals surface area contributed by atoms with Gasteiger partial charge in [0.25, 0.3) is 0 Å². The van der Waals surface area contributed by atoms with Crippen molar-refractivity contribution in [2.75, 3.05) is 5.73 Å². The quantitative estimate of drug-likeness (QED) is 0.864. The third kappa shape index (κ3) is 2.44. The number of hydrogen-bond donors (Lipinski definition) is 1. The number of nitrogens with zero attached hydrogens (tertiary/aromatic N) is 1. The molecule has 0 spiro atoms. The standard InChI is InChI=1S/C12H9BrF2N2/c13-9-1-2-10(14)8(12(9)15)5-7-6-17-4-3-11(7)16/h1-4,6H,5H2,(H2,16,17). The van der Waals surface area contributed by atoms with Crippen LogP contribution in [0.4, 0.5) is 14.5 Å². The van der Waals surface area contributed by atoms with Crippen molar-refractivity contribution in [2.45, 2.75) is 6.42 Å². The van der Waals surface area contributed by atoms with Gasteiger partial charge in [0.15, 0.2) is 0 Å². The van der Waals surface area contributed by atoms with Crippen LogP contribution >= 0.6 is 15.9 Å². The van der Waals surface area contributed by atoms with Crippen molar-refractivity contribution in [1.82, 2.24) is 4.98 Å². The van der Waals surface area contributed by atoms with Crippen LogP contribution in [0.5, 0.6) is 0 Å². The molecule has 0 saturated heterocycles. The molecule has 0 atom stereocenters. The van der Waals surface area contributed by atoms with Crippen molar-refractivity contribution in [3.63, 3.8) is 0 Å². The Kier molecular flexibility index (Phi) is 3.38. The Hall–Kier alpha value is -1.49. The van der Waals surface area contributed by atoms with Gasteiger partial charge in [0.05, 0.1) is 4.47 Å². The molecule has 0 aliphatic heterocycles. The van der Waals surface area contributed by atoms with Crippen molar-refractivity contribution < 1.29 is 8.78 Å². The molecule has 2 N–H and O–H groups in total. The van der Waals surface area contributed by atoms with E-state index in [1.54, 1.807) is 6.07 Å². The molecule has 0 radical (unpaired) electrons. The number of aromatic nitrogens is 1. The molecular weight excluding hydrogens is 290 g/mol. The molecule has 0 bridgehead atoms. The summed E-state index contributed by atoms with van der Waals surface area (Å²) in [5.41, 5.74) is 6.77. The highest BCUT2D eigenvalue weighted by Gasteiger charge is 2.13. The molecule has 1 aromatic heterocycles. The number of nitrogens with two attached hydrogens (primary N) is 1. The van der Waals surface area contributed by atoms with Gasteiger partial charge in [-0.3, -0.25) is 4.98 Å². The third-order valence-corrected chi connectivity index (χ3v) is 3.06. The summed E-state index contributed by atoms with van der Waals surface area (Å²) < 4.78 is 27.5. The number of benzene rings is 1. The van der Waals surface area contributed by atoms with Gasteiger partial charge < -0.3 is 5.73 Å². The molecule has 2 nitrogen and oxygen atoms in total. The van der Waals surface area contributed by atoms with Crippen molar-refractivity contribution in [1.29, 1.82) is 0 Å². The summed E-state index contributed by atoms with van der Waals surface area (Å²) in [7, 11) is 0. The number of nitrogen functional groups attached to an aromatic ring is 1. The Bertz CT molecular complexity index is 558. The van der Waals surface area contributed by atoms with Crippen molar-refractivity contribution in [2.24, 2.45) is 0 Å². The van der Waals surface area contributed by atoms with Crippen LogP contribution in [0.15, 0.2) is 35.1 Å². The Balaban J connectivity index is 2.43. The smallest absolute Gasteiger partial charge is 0.143 e. The van der Waals surface area contributed by atoms with Crippen LogP contribution in [0.25, 0.3) is 0 Å². The van der Waals surface area contributed by atoms with E-state index in [0.717, 1.165) is 0 Å². The van der Waals surface area contributed by atoms with Crippen molar-refractivity contribution in [3.8, 4) is 0 Å². The molecule has 17 heavy (non-hydrogen) atoms. The molecule has 0 fully saturated rings. The SMILES string of the molecule is Nc1ccncc1Cc1c(F)ccc(Br)c1F. The molecule has 1 heterocycles. The second kappa shape index (κ2) is 4.79. The largest absolute Gasteiger partial charge is 0.398 e. The number of hydrogen-bond acceptors (Lipinski definition) is 2. The fraction of sp³-hybridized carbons (Fsp3) is 0.0833. The molecule has 1 aromatic carbocycles. The number of pyridine rings is 1. The van der Waals surface area contributed by atoms with Crippen molar-refractivity contribution in [3.05, 3.63) is 57.8 Å². The summed E-state index contributed by atoms with van der Waals surface area (Å²) in [4.78, 5) is 3.89. The van der Waals surface area contributed by atoms with E-state index in [-0.39, 0.29) is 16.5 Å². The number of rotatable bonds is 2. The molecule has 0 aliphatic rings. The number of anilines is 1. The first-order valence-electron chi connectivity index (χ1n) is 4.90. The molecule has 5 heteroatoms. The minimum atomic E-state index is -0.603. The van der Waals surface area contributed by atoms with E-state index in [0.29, 0.717) is 11.3 Å². The summed E-state index contributed by atoms with van der Waals surface area (Å²) >= 11 is 3.02. The minimum absolute atomic E-state index is 0.0147. The van der Waals surface area contributed by atoms with E-state index in [9.17, 15) is 8.78 Å². The first-order chi connectivity index (χ1) is 8.09. The van der Waals surface area contributed by atoms with Crippen LogP contribution in [0.3, 0.4) is 0 Å². The predicted octanol–water partition coefficient (Wildman–Crippen LogP) is 3.30. The van der Waals surface area contributed by atoms with Gasteiger partial charge in [0.1, 0.15) is 11.6 Å². The Morgan fingerprint density at radius 3 is 2.71 bits per heavy atom. The Morgan fingerprint density at radius 2 is 2.00 bits per heavy atom. The highest BCUT2D eigenvalue weighted by Crippen LogP contribution is 2.25. The Labute approximate surface area is 106 Å². The highest BCUT2D eigenvalue weighted by molar-refractivity contribution is 9.10. The van der Waals surface area contributed by atoms with Gasteiger partial charge >= 0.3 is 0 Å². The molecule has 88 valence electrons. The van der Waals surface area contributed by atoms with Crippen LogP contribution in [-0.4, -0.2) is 4.98 Å². The van der Waals surface area contributed by atoms with Gasteiger partial charge in [-0.1, -0.05) is 0 Å².